The maximum atomic E-state index is 8.86. The van der Waals surface area contributed by atoms with Crippen LogP contribution in [0.3, 0.4) is 0 Å². The number of rotatable bonds is 0. The fraction of sp³-hybridized carbons (Fsp3) is 0.0769. The van der Waals surface area contributed by atoms with Crippen molar-refractivity contribution in [1.29, 1.82) is 10.5 Å². The first kappa shape index (κ1) is 13.7. The van der Waals surface area contributed by atoms with Crippen molar-refractivity contribution in [3.05, 3.63) is 54.5 Å². The molecular weight excluding hydrogens is 339 g/mol. The van der Waals surface area contributed by atoms with Crippen LogP contribution in [0, 0.1) is 46.3 Å². The van der Waals surface area contributed by atoms with Crippen LogP contribution in [0.4, 0.5) is 0 Å². The summed E-state index contributed by atoms with van der Waals surface area (Å²) in [7, 11) is 0. The van der Waals surface area contributed by atoms with Crippen LogP contribution in [0.5, 0.6) is 0 Å². The molecule has 0 aliphatic heterocycles. The Morgan fingerprint density at radius 3 is 2.06 bits per heavy atom. The Morgan fingerprint density at radius 1 is 1.11 bits per heavy atom. The Kier molecular flexibility index (Phi) is 4.44. The first-order chi connectivity index (χ1) is 8.58. The molecule has 0 aliphatic rings. The molecule has 1 aromatic carbocycles. The maximum absolute atomic E-state index is 8.86. The van der Waals surface area contributed by atoms with E-state index in [1.165, 1.54) is 0 Å². The molecule has 0 spiro atoms. The van der Waals surface area contributed by atoms with E-state index in [1.54, 1.807) is 19.1 Å². The number of aryl methyl sites for hydroxylation is 1. The van der Waals surface area contributed by atoms with E-state index in [4.69, 9.17) is 23.7 Å². The summed E-state index contributed by atoms with van der Waals surface area (Å²) >= 11 is 1.99. The zero-order chi connectivity index (χ0) is 13.7. The summed E-state index contributed by atoms with van der Waals surface area (Å²) < 4.78 is 0.678. The van der Waals surface area contributed by atoms with Gasteiger partial charge in [-0.25, -0.2) is 20.2 Å². The van der Waals surface area contributed by atoms with E-state index < -0.39 is 0 Å². The van der Waals surface area contributed by atoms with Crippen molar-refractivity contribution < 1.29 is 0 Å². The minimum absolute atomic E-state index is 0.00960. The predicted molar refractivity (Wildman–Crippen MR) is 74.4 cm³/mol. The highest BCUT2D eigenvalue weighted by atomic mass is 127. The van der Waals surface area contributed by atoms with E-state index in [1.807, 2.05) is 34.7 Å². The monoisotopic (exact) mass is 344 g/mol. The fourth-order valence-corrected chi connectivity index (χ4v) is 2.13. The van der Waals surface area contributed by atoms with E-state index in [-0.39, 0.29) is 11.4 Å². The Morgan fingerprint density at radius 2 is 1.61 bits per heavy atom. The minimum atomic E-state index is 0.00960. The van der Waals surface area contributed by atoms with Crippen molar-refractivity contribution in [3.8, 4) is 12.1 Å². The molecule has 0 bridgehead atoms. The van der Waals surface area contributed by atoms with Gasteiger partial charge in [-0.05, 0) is 34.7 Å². The summed E-state index contributed by atoms with van der Waals surface area (Å²) in [5.74, 6) is 0. The lowest BCUT2D eigenvalue weighted by Gasteiger charge is -1.99. The minimum Gasteiger partial charge on any atom is -0.226 e. The van der Waals surface area contributed by atoms with Crippen molar-refractivity contribution >= 4 is 34.0 Å². The van der Waals surface area contributed by atoms with Crippen molar-refractivity contribution in [2.75, 3.05) is 0 Å². The zero-order valence-electron chi connectivity index (χ0n) is 9.32. The second-order valence-electron chi connectivity index (χ2n) is 3.29. The van der Waals surface area contributed by atoms with Gasteiger partial charge in [-0.3, -0.25) is 0 Å². The molecule has 0 amide bonds. The van der Waals surface area contributed by atoms with Gasteiger partial charge < -0.3 is 0 Å². The van der Waals surface area contributed by atoms with Crippen LogP contribution in [0.2, 0.25) is 0 Å². The molecule has 0 atom stereocenters. The van der Waals surface area contributed by atoms with Crippen molar-refractivity contribution in [3.63, 3.8) is 0 Å². The van der Waals surface area contributed by atoms with Gasteiger partial charge in [-0.2, -0.15) is 0 Å². The maximum Gasteiger partial charge on any atom is 0.270 e. The van der Waals surface area contributed by atoms with E-state index in [0.717, 1.165) is 0 Å². The highest BCUT2D eigenvalue weighted by Crippen LogP contribution is 2.03. The summed E-state index contributed by atoms with van der Waals surface area (Å²) in [6, 6.07) is 7.00. The van der Waals surface area contributed by atoms with E-state index >= 15 is 0 Å². The van der Waals surface area contributed by atoms with Gasteiger partial charge in [0.05, 0.1) is 25.3 Å². The summed E-state index contributed by atoms with van der Waals surface area (Å²) in [4.78, 5) is 6.33. The van der Waals surface area contributed by atoms with Gasteiger partial charge >= 0.3 is 0 Å². The van der Waals surface area contributed by atoms with E-state index in [2.05, 4.69) is 9.69 Å². The van der Waals surface area contributed by atoms with Crippen LogP contribution in [-0.4, -0.2) is 0 Å². The molecule has 0 unspecified atom stereocenters. The van der Waals surface area contributed by atoms with Gasteiger partial charge in [0.15, 0.2) is 0 Å². The van der Waals surface area contributed by atoms with Crippen LogP contribution in [0.25, 0.3) is 21.1 Å². The number of hydrogen-bond donors (Lipinski definition) is 0. The van der Waals surface area contributed by atoms with Gasteiger partial charge in [0.2, 0.25) is 0 Å². The number of nitrogens with zero attached hydrogens (tertiary/aromatic N) is 4. The molecular formula is C13H5IN4. The molecule has 0 aromatic heterocycles. The quantitative estimate of drug-likeness (QED) is 0.531. The molecule has 0 aliphatic carbocycles. The lowest BCUT2D eigenvalue weighted by Crippen LogP contribution is -2.19. The zero-order valence-corrected chi connectivity index (χ0v) is 11.5. The topological polar surface area (TPSA) is 56.3 Å². The van der Waals surface area contributed by atoms with Crippen LogP contribution < -0.4 is 10.4 Å². The highest BCUT2D eigenvalue weighted by molar-refractivity contribution is 14.1. The van der Waals surface area contributed by atoms with Crippen LogP contribution in [0.1, 0.15) is 5.56 Å². The van der Waals surface area contributed by atoms with Gasteiger partial charge in [0.25, 0.3) is 11.4 Å². The Labute approximate surface area is 118 Å². The molecule has 0 fully saturated rings. The lowest BCUT2D eigenvalue weighted by atomic mass is 10.1. The third kappa shape index (κ3) is 2.48. The second-order valence-corrected chi connectivity index (χ2v) is 4.45. The standard InChI is InChI=1S/C13H5IN4/c1-8-4-10(13(7-16)18-3)11(14)5-9(8)12(6-15)17-2/h4-5H,1H3. The predicted octanol–water partition coefficient (Wildman–Crippen LogP) is 1.70. The number of hydrogen-bond acceptors (Lipinski definition) is 2. The van der Waals surface area contributed by atoms with Crippen LogP contribution >= 0.6 is 22.6 Å². The molecule has 5 heteroatoms. The molecule has 1 aromatic rings. The van der Waals surface area contributed by atoms with Gasteiger partial charge in [-0.15, -0.1) is 0 Å². The smallest absolute Gasteiger partial charge is 0.226 e. The number of halogens is 1. The third-order valence-corrected chi connectivity index (χ3v) is 3.15. The molecule has 18 heavy (non-hydrogen) atoms. The summed E-state index contributed by atoms with van der Waals surface area (Å²) in [6.07, 6.45) is 0. The van der Waals surface area contributed by atoms with Crippen molar-refractivity contribution in [2.24, 2.45) is 0 Å². The molecule has 0 saturated carbocycles. The number of nitriles is 2. The molecule has 1 rings (SSSR count). The van der Waals surface area contributed by atoms with Crippen LogP contribution in [0.15, 0.2) is 12.1 Å². The molecule has 0 heterocycles. The second kappa shape index (κ2) is 5.82. The number of benzene rings is 1. The van der Waals surface area contributed by atoms with Gasteiger partial charge in [0, 0.05) is 8.79 Å². The summed E-state index contributed by atoms with van der Waals surface area (Å²) in [5, 5.41) is 18.8. The first-order valence-corrected chi connectivity index (χ1v) is 5.76. The largest absolute Gasteiger partial charge is 0.270 e. The van der Waals surface area contributed by atoms with E-state index in [0.29, 0.717) is 19.6 Å². The van der Waals surface area contributed by atoms with Gasteiger partial charge in [-0.1, -0.05) is 17.7 Å². The summed E-state index contributed by atoms with van der Waals surface area (Å²) in [6.45, 7) is 15.6. The Bertz CT molecular complexity index is 690. The lowest BCUT2D eigenvalue weighted by molar-refractivity contribution is 1.34. The molecule has 0 N–H and O–H groups in total. The van der Waals surface area contributed by atoms with Crippen molar-refractivity contribution in [2.45, 2.75) is 6.92 Å². The normalized spacial score (nSPS) is 12.3. The van der Waals surface area contributed by atoms with Gasteiger partial charge in [0.1, 0.15) is 0 Å². The molecule has 4 nitrogen and oxygen atoms in total. The van der Waals surface area contributed by atoms with E-state index in [9.17, 15) is 0 Å². The molecule has 0 radical (unpaired) electrons. The highest BCUT2D eigenvalue weighted by Gasteiger charge is 2.04. The fourth-order valence-electron chi connectivity index (χ4n) is 1.41. The average molecular weight is 344 g/mol. The van der Waals surface area contributed by atoms with Crippen molar-refractivity contribution in [1.82, 2.24) is 0 Å². The summed E-state index contributed by atoms with van der Waals surface area (Å²) in [5.41, 5.74) is 0.725. The first-order valence-electron chi connectivity index (χ1n) is 4.69. The molecule has 0 saturated heterocycles. The Balaban J connectivity index is 3.96. The average Bonchev–Trinajstić information content (AvgIpc) is 2.37. The van der Waals surface area contributed by atoms with Crippen LogP contribution in [-0.2, 0) is 0 Å². The Hall–Kier alpha value is -2.35. The third-order valence-electron chi connectivity index (χ3n) is 2.26. The molecule has 84 valence electrons. The SMILES string of the molecule is [C-]#[N+]C(C#N)=c1cc(I)c(=C(C#N)[N+]#[C-])cc1C.